The number of hydrogen-bond acceptors (Lipinski definition) is 7. The van der Waals surface area contributed by atoms with Gasteiger partial charge in [-0.2, -0.15) is 0 Å². The van der Waals surface area contributed by atoms with Crippen molar-refractivity contribution in [2.24, 2.45) is 11.8 Å². The largest absolute Gasteiger partial charge is 0.416 e. The van der Waals surface area contributed by atoms with Crippen molar-refractivity contribution in [1.82, 2.24) is 24.8 Å². The van der Waals surface area contributed by atoms with Gasteiger partial charge in [-0.3, -0.25) is 9.69 Å². The highest BCUT2D eigenvalue weighted by Gasteiger charge is 2.25. The lowest BCUT2D eigenvalue weighted by molar-refractivity contribution is 0.102. The Bertz CT molecular complexity index is 1210. The second kappa shape index (κ2) is 13.1. The minimum absolute atomic E-state index is 0.201. The molecule has 10 heteroatoms. The van der Waals surface area contributed by atoms with Gasteiger partial charge in [-0.25, -0.2) is 14.8 Å². The Morgan fingerprint density at radius 3 is 2.59 bits per heavy atom. The molecule has 0 aliphatic carbocycles. The van der Waals surface area contributed by atoms with Crippen molar-refractivity contribution in [2.75, 3.05) is 37.2 Å². The fourth-order valence-electron chi connectivity index (χ4n) is 5.13. The van der Waals surface area contributed by atoms with E-state index in [4.69, 9.17) is 4.74 Å². The van der Waals surface area contributed by atoms with Crippen LogP contribution in [0.1, 0.15) is 48.5 Å². The molecule has 1 atom stereocenters. The fraction of sp³-hybridized carbons (Fsp3) is 0.448. The first-order valence-corrected chi connectivity index (χ1v) is 14.7. The fourth-order valence-corrected chi connectivity index (χ4v) is 6.14. The van der Waals surface area contributed by atoms with Crippen LogP contribution in [0, 0.1) is 11.8 Å². The number of nitrogens with one attached hydrogen (secondary N) is 2. The molecular weight excluding hydrogens is 512 g/mol. The Morgan fingerprint density at radius 1 is 1.08 bits per heavy atom. The Kier molecular flexibility index (Phi) is 9.15. The number of pyridine rings is 1. The highest BCUT2D eigenvalue weighted by molar-refractivity contribution is 7.99. The number of amides is 2. The Morgan fingerprint density at radius 2 is 1.90 bits per heavy atom. The number of piperidine rings is 2. The first-order valence-electron chi connectivity index (χ1n) is 13.7. The topological polar surface area (TPSA) is 103 Å². The van der Waals surface area contributed by atoms with Gasteiger partial charge in [0.1, 0.15) is 0 Å². The maximum absolute atomic E-state index is 12.7. The number of carbonyl (C=O) groups excluding carboxylic acids is 2. The van der Waals surface area contributed by atoms with Gasteiger partial charge in [-0.1, -0.05) is 30.8 Å². The van der Waals surface area contributed by atoms with E-state index in [9.17, 15) is 9.59 Å². The average Bonchev–Trinajstić information content (AvgIpc) is 3.47. The van der Waals surface area contributed by atoms with Gasteiger partial charge >= 0.3 is 6.09 Å². The van der Waals surface area contributed by atoms with Crippen LogP contribution in [0.5, 0.6) is 5.88 Å². The van der Waals surface area contributed by atoms with Crippen LogP contribution < -0.4 is 10.1 Å². The first kappa shape index (κ1) is 27.2. The van der Waals surface area contributed by atoms with Gasteiger partial charge in [-0.15, -0.1) is 0 Å². The summed E-state index contributed by atoms with van der Waals surface area (Å²) in [7, 11) is 0. The van der Waals surface area contributed by atoms with Crippen molar-refractivity contribution >= 4 is 29.4 Å². The molecule has 1 unspecified atom stereocenters. The summed E-state index contributed by atoms with van der Waals surface area (Å²) in [4.78, 5) is 41.1. The molecule has 0 saturated carbocycles. The summed E-state index contributed by atoms with van der Waals surface area (Å²) in [6.07, 6.45) is 9.11. The van der Waals surface area contributed by atoms with Crippen LogP contribution in [-0.4, -0.2) is 68.7 Å². The molecule has 4 heterocycles. The van der Waals surface area contributed by atoms with Crippen molar-refractivity contribution in [3.05, 3.63) is 66.1 Å². The number of benzene rings is 1. The molecule has 0 radical (unpaired) electrons. The summed E-state index contributed by atoms with van der Waals surface area (Å²) < 4.78 is 5.47. The smallest absolute Gasteiger partial charge is 0.391 e. The van der Waals surface area contributed by atoms with Gasteiger partial charge in [0, 0.05) is 56.0 Å². The molecule has 9 nitrogen and oxygen atoms in total. The summed E-state index contributed by atoms with van der Waals surface area (Å²) in [6, 6.07) is 11.1. The summed E-state index contributed by atoms with van der Waals surface area (Å²) in [6.45, 7) is 6.80. The summed E-state index contributed by atoms with van der Waals surface area (Å²) >= 11 is 1.71. The average molecular weight is 549 g/mol. The number of carbonyl (C=O) groups is 2. The number of hydrogen-bond donors (Lipinski definition) is 2. The molecule has 1 aromatic carbocycles. The third-order valence-electron chi connectivity index (χ3n) is 7.35. The first-order chi connectivity index (χ1) is 19.0. The lowest BCUT2D eigenvalue weighted by Crippen LogP contribution is -2.40. The number of H-pyrrole nitrogens is 1. The number of aromatic amines is 1. The van der Waals surface area contributed by atoms with Crippen molar-refractivity contribution in [3.8, 4) is 5.88 Å². The second-order valence-corrected chi connectivity index (χ2v) is 11.5. The van der Waals surface area contributed by atoms with Crippen LogP contribution in [0.15, 0.2) is 60.1 Å². The molecule has 2 aromatic heterocycles. The number of imidazole rings is 1. The van der Waals surface area contributed by atoms with E-state index in [-0.39, 0.29) is 11.8 Å². The monoisotopic (exact) mass is 548 g/mol. The Balaban J connectivity index is 1.05. The molecule has 2 saturated heterocycles. The van der Waals surface area contributed by atoms with Crippen molar-refractivity contribution < 1.29 is 14.3 Å². The van der Waals surface area contributed by atoms with Gasteiger partial charge in [-0.05, 0) is 67.8 Å². The van der Waals surface area contributed by atoms with Crippen molar-refractivity contribution in [3.63, 3.8) is 0 Å². The van der Waals surface area contributed by atoms with Crippen LogP contribution in [0.3, 0.4) is 0 Å². The third kappa shape index (κ3) is 7.83. The summed E-state index contributed by atoms with van der Waals surface area (Å²) in [5.41, 5.74) is 2.35. The highest BCUT2D eigenvalue weighted by atomic mass is 32.2. The van der Waals surface area contributed by atoms with E-state index in [1.54, 1.807) is 35.0 Å². The van der Waals surface area contributed by atoms with E-state index in [2.05, 4.69) is 32.1 Å². The second-order valence-electron chi connectivity index (χ2n) is 10.5. The van der Waals surface area contributed by atoms with Crippen LogP contribution in [0.4, 0.5) is 10.5 Å². The lowest BCUT2D eigenvalue weighted by Gasteiger charge is -2.30. The van der Waals surface area contributed by atoms with Gasteiger partial charge in [0.25, 0.3) is 5.91 Å². The maximum atomic E-state index is 12.7. The van der Waals surface area contributed by atoms with Crippen molar-refractivity contribution in [2.45, 2.75) is 44.3 Å². The molecule has 2 aliphatic rings. The van der Waals surface area contributed by atoms with Gasteiger partial charge in [0.05, 0.1) is 11.9 Å². The van der Waals surface area contributed by atoms with E-state index in [0.717, 1.165) is 49.3 Å². The summed E-state index contributed by atoms with van der Waals surface area (Å²) in [5, 5.41) is 3.79. The number of aromatic nitrogens is 3. The number of anilines is 1. The van der Waals surface area contributed by atoms with Gasteiger partial charge in [0.2, 0.25) is 5.88 Å². The van der Waals surface area contributed by atoms with E-state index in [1.165, 1.54) is 24.6 Å². The number of ether oxygens (including phenoxy) is 1. The number of nitrogens with zero attached hydrogens (tertiary/aromatic N) is 4. The van der Waals surface area contributed by atoms with E-state index in [0.29, 0.717) is 30.3 Å². The van der Waals surface area contributed by atoms with Crippen LogP contribution in [0.25, 0.3) is 0 Å². The molecule has 2 amide bonds. The van der Waals surface area contributed by atoms with Gasteiger partial charge < -0.3 is 19.9 Å². The highest BCUT2D eigenvalue weighted by Crippen LogP contribution is 2.25. The molecule has 5 rings (SSSR count). The minimum Gasteiger partial charge on any atom is -0.391 e. The Hall–Kier alpha value is -3.37. The zero-order valence-corrected chi connectivity index (χ0v) is 23.2. The van der Waals surface area contributed by atoms with E-state index in [1.807, 2.05) is 30.5 Å². The normalized spacial score (nSPS) is 18.6. The van der Waals surface area contributed by atoms with Crippen molar-refractivity contribution in [1.29, 1.82) is 0 Å². The molecule has 2 fully saturated rings. The SMILES string of the molecule is CC1CCCN(Cc2ccc(C(=O)Nc3ccc(OC(=O)N4CCC(CSc5ncc[nH]5)CC4)nc3)cc2)C1. The Labute approximate surface area is 233 Å². The molecule has 0 spiro atoms. The molecule has 206 valence electrons. The number of likely N-dealkylation sites (tertiary alicyclic amines) is 2. The van der Waals surface area contributed by atoms with Crippen LogP contribution in [0.2, 0.25) is 0 Å². The van der Waals surface area contributed by atoms with Crippen LogP contribution in [-0.2, 0) is 6.54 Å². The zero-order valence-electron chi connectivity index (χ0n) is 22.3. The lowest BCUT2D eigenvalue weighted by atomic mass is 9.99. The molecule has 0 bridgehead atoms. The van der Waals surface area contributed by atoms with Crippen LogP contribution >= 0.6 is 11.8 Å². The van der Waals surface area contributed by atoms with E-state index < -0.39 is 6.09 Å². The molecule has 3 aromatic rings. The molecule has 2 aliphatic heterocycles. The summed E-state index contributed by atoms with van der Waals surface area (Å²) in [5.74, 6) is 2.28. The number of thioether (sulfide) groups is 1. The molecular formula is C29H36N6O3S. The van der Waals surface area contributed by atoms with Gasteiger partial charge in [0.15, 0.2) is 5.16 Å². The predicted octanol–water partition coefficient (Wildman–Crippen LogP) is 5.29. The standard InChI is InChI=1S/C29H36N6O3S/c1-21-3-2-14-34(18-21)19-22-4-6-24(7-5-22)27(36)33-25-8-9-26(32-17-25)38-29(37)35-15-10-23(11-16-35)20-39-28-30-12-13-31-28/h4-9,12-13,17,21,23H,2-3,10-11,14-16,18-20H2,1H3,(H,30,31)(H,33,36). The molecule has 39 heavy (non-hydrogen) atoms. The molecule has 2 N–H and O–H groups in total. The quantitative estimate of drug-likeness (QED) is 0.369. The maximum Gasteiger partial charge on any atom is 0.416 e. The predicted molar refractivity (Wildman–Crippen MR) is 152 cm³/mol. The number of rotatable bonds is 8. The minimum atomic E-state index is -0.393. The third-order valence-corrected chi connectivity index (χ3v) is 8.49. The van der Waals surface area contributed by atoms with E-state index >= 15 is 0 Å². The zero-order chi connectivity index (χ0) is 27.0.